The molecule has 0 amide bonds. The maximum atomic E-state index is 11.9. The van der Waals surface area contributed by atoms with Gasteiger partial charge in [-0.3, -0.25) is 9.59 Å². The van der Waals surface area contributed by atoms with Gasteiger partial charge in [0.15, 0.2) is 17.3 Å². The lowest BCUT2D eigenvalue weighted by Gasteiger charge is -2.08. The van der Waals surface area contributed by atoms with Crippen LogP contribution in [0.25, 0.3) is 0 Å². The third-order valence-electron chi connectivity index (χ3n) is 2.69. The molecule has 0 radical (unpaired) electrons. The molecule has 20 heavy (non-hydrogen) atoms. The lowest BCUT2D eigenvalue weighted by Crippen LogP contribution is -2.06. The number of benzene rings is 1. The predicted octanol–water partition coefficient (Wildman–Crippen LogP) is 2.02. The minimum Gasteiger partial charge on any atom is -0.507 e. The number of hydrogen-bond acceptors (Lipinski definition) is 6. The summed E-state index contributed by atoms with van der Waals surface area (Å²) in [5.74, 6) is -1.13. The van der Waals surface area contributed by atoms with Gasteiger partial charge < -0.3 is 19.7 Å². The van der Waals surface area contributed by atoms with E-state index in [1.807, 2.05) is 0 Å². The number of carbonyl (C=O) groups excluding carboxylic acids is 2. The molecule has 1 aromatic rings. The largest absolute Gasteiger partial charge is 0.507 e. The van der Waals surface area contributed by atoms with E-state index in [-0.39, 0.29) is 47.4 Å². The van der Waals surface area contributed by atoms with Crippen molar-refractivity contribution in [2.45, 2.75) is 26.2 Å². The number of phenols is 2. The SMILES string of the molecule is CCOC(=O)CCCC(=O)c1cc(OC)c(O)cc1O. The summed E-state index contributed by atoms with van der Waals surface area (Å²) in [4.78, 5) is 23.1. The van der Waals surface area contributed by atoms with E-state index in [2.05, 4.69) is 0 Å². The quantitative estimate of drug-likeness (QED) is 0.587. The minimum atomic E-state index is -0.354. The second-order valence-electron chi connectivity index (χ2n) is 4.12. The van der Waals surface area contributed by atoms with Gasteiger partial charge in [-0.05, 0) is 19.4 Å². The second kappa shape index (κ2) is 7.37. The lowest BCUT2D eigenvalue weighted by atomic mass is 10.0. The highest BCUT2D eigenvalue weighted by Gasteiger charge is 2.16. The molecule has 6 heteroatoms. The number of phenolic OH excluding ortho intramolecular Hbond substituents is 2. The van der Waals surface area contributed by atoms with Crippen molar-refractivity contribution in [3.8, 4) is 17.2 Å². The summed E-state index contributed by atoms with van der Waals surface area (Å²) in [5, 5.41) is 19.1. The van der Waals surface area contributed by atoms with E-state index >= 15 is 0 Å². The maximum Gasteiger partial charge on any atom is 0.305 e. The van der Waals surface area contributed by atoms with Gasteiger partial charge >= 0.3 is 5.97 Å². The normalized spacial score (nSPS) is 10.1. The average molecular weight is 282 g/mol. The lowest BCUT2D eigenvalue weighted by molar-refractivity contribution is -0.143. The molecule has 0 saturated heterocycles. The van der Waals surface area contributed by atoms with Crippen molar-refractivity contribution >= 4 is 11.8 Å². The first-order valence-electron chi connectivity index (χ1n) is 6.28. The van der Waals surface area contributed by atoms with Crippen LogP contribution in [0.1, 0.15) is 36.5 Å². The molecule has 110 valence electrons. The Morgan fingerprint density at radius 3 is 2.45 bits per heavy atom. The monoisotopic (exact) mass is 282 g/mol. The van der Waals surface area contributed by atoms with Crippen molar-refractivity contribution in [2.75, 3.05) is 13.7 Å². The second-order valence-corrected chi connectivity index (χ2v) is 4.12. The zero-order valence-electron chi connectivity index (χ0n) is 11.5. The van der Waals surface area contributed by atoms with Crippen LogP contribution in [0.4, 0.5) is 0 Å². The van der Waals surface area contributed by atoms with E-state index in [1.165, 1.54) is 13.2 Å². The molecular weight excluding hydrogens is 264 g/mol. The molecule has 0 unspecified atom stereocenters. The predicted molar refractivity (Wildman–Crippen MR) is 71.1 cm³/mol. The first kappa shape index (κ1) is 15.8. The first-order chi connectivity index (χ1) is 9.49. The number of carbonyl (C=O) groups is 2. The van der Waals surface area contributed by atoms with Crippen molar-refractivity contribution in [3.05, 3.63) is 17.7 Å². The topological polar surface area (TPSA) is 93.1 Å². The fourth-order valence-corrected chi connectivity index (χ4v) is 1.71. The number of esters is 1. The third kappa shape index (κ3) is 4.15. The van der Waals surface area contributed by atoms with Crippen molar-refractivity contribution in [3.63, 3.8) is 0 Å². The van der Waals surface area contributed by atoms with Crippen LogP contribution in [0.2, 0.25) is 0 Å². The maximum absolute atomic E-state index is 11.9. The summed E-state index contributed by atoms with van der Waals surface area (Å²) in [6.45, 7) is 2.02. The molecule has 0 bridgehead atoms. The molecular formula is C14H18O6. The van der Waals surface area contributed by atoms with Crippen LogP contribution in [0.15, 0.2) is 12.1 Å². The van der Waals surface area contributed by atoms with Crippen LogP contribution < -0.4 is 4.74 Å². The van der Waals surface area contributed by atoms with Gasteiger partial charge in [-0.25, -0.2) is 0 Å². The molecule has 0 atom stereocenters. The summed E-state index contributed by atoms with van der Waals surface area (Å²) in [6.07, 6.45) is 0.580. The summed E-state index contributed by atoms with van der Waals surface area (Å²) in [7, 11) is 1.35. The van der Waals surface area contributed by atoms with Gasteiger partial charge in [-0.15, -0.1) is 0 Å². The Bertz CT molecular complexity index is 495. The van der Waals surface area contributed by atoms with Gasteiger partial charge in [0.25, 0.3) is 0 Å². The van der Waals surface area contributed by atoms with Gasteiger partial charge in [0.05, 0.1) is 19.3 Å². The van der Waals surface area contributed by atoms with Gasteiger partial charge in [0.1, 0.15) is 5.75 Å². The van der Waals surface area contributed by atoms with Crippen molar-refractivity contribution in [1.82, 2.24) is 0 Å². The molecule has 0 aromatic heterocycles. The fraction of sp³-hybridized carbons (Fsp3) is 0.429. The van der Waals surface area contributed by atoms with Crippen LogP contribution in [0, 0.1) is 0 Å². The summed E-state index contributed by atoms with van der Waals surface area (Å²) in [6, 6.07) is 2.33. The number of ether oxygens (including phenoxy) is 2. The molecule has 0 heterocycles. The molecule has 0 aliphatic rings. The van der Waals surface area contributed by atoms with E-state index < -0.39 is 0 Å². The summed E-state index contributed by atoms with van der Waals surface area (Å²) >= 11 is 0. The standard InChI is InChI=1S/C14H18O6/c1-3-20-14(18)6-4-5-10(15)9-7-13(19-2)12(17)8-11(9)16/h7-8,16-17H,3-6H2,1-2H3. The number of hydrogen-bond donors (Lipinski definition) is 2. The van der Waals surface area contributed by atoms with Crippen molar-refractivity contribution in [2.24, 2.45) is 0 Å². The van der Waals surface area contributed by atoms with Crippen LogP contribution in [-0.2, 0) is 9.53 Å². The van der Waals surface area contributed by atoms with E-state index in [4.69, 9.17) is 9.47 Å². The third-order valence-corrected chi connectivity index (χ3v) is 2.69. The zero-order valence-corrected chi connectivity index (χ0v) is 11.5. The van der Waals surface area contributed by atoms with Gasteiger partial charge in [0.2, 0.25) is 0 Å². The first-order valence-corrected chi connectivity index (χ1v) is 6.28. The van der Waals surface area contributed by atoms with E-state index in [9.17, 15) is 19.8 Å². The van der Waals surface area contributed by atoms with Crippen LogP contribution in [0.3, 0.4) is 0 Å². The number of ketones is 1. The number of rotatable bonds is 7. The molecule has 0 aliphatic carbocycles. The van der Waals surface area contributed by atoms with E-state index in [0.29, 0.717) is 13.0 Å². The fourth-order valence-electron chi connectivity index (χ4n) is 1.71. The van der Waals surface area contributed by atoms with Crippen LogP contribution >= 0.6 is 0 Å². The number of Topliss-reactive ketones (excluding diaryl/α,β-unsaturated/α-hetero) is 1. The number of methoxy groups -OCH3 is 1. The molecule has 0 spiro atoms. The zero-order chi connectivity index (χ0) is 15.1. The van der Waals surface area contributed by atoms with E-state index in [0.717, 1.165) is 6.07 Å². The Morgan fingerprint density at radius 2 is 1.85 bits per heavy atom. The van der Waals surface area contributed by atoms with Gasteiger partial charge in [0, 0.05) is 18.9 Å². The molecule has 0 fully saturated rings. The summed E-state index contributed by atoms with van der Waals surface area (Å²) in [5.41, 5.74) is 0.0588. The minimum absolute atomic E-state index is 0.0588. The van der Waals surface area contributed by atoms with Crippen LogP contribution in [-0.4, -0.2) is 35.7 Å². The molecule has 0 aliphatic heterocycles. The average Bonchev–Trinajstić information content (AvgIpc) is 2.39. The highest BCUT2D eigenvalue weighted by Crippen LogP contribution is 2.33. The van der Waals surface area contributed by atoms with Crippen LogP contribution in [0.5, 0.6) is 17.2 Å². The van der Waals surface area contributed by atoms with Crippen molar-refractivity contribution < 1.29 is 29.3 Å². The molecule has 0 saturated carbocycles. The van der Waals surface area contributed by atoms with E-state index in [1.54, 1.807) is 6.92 Å². The molecule has 2 N–H and O–H groups in total. The highest BCUT2D eigenvalue weighted by atomic mass is 16.5. The molecule has 1 rings (SSSR count). The Kier molecular flexibility index (Phi) is 5.83. The Hall–Kier alpha value is -2.24. The highest BCUT2D eigenvalue weighted by molar-refractivity contribution is 5.99. The Balaban J connectivity index is 2.66. The van der Waals surface area contributed by atoms with Gasteiger partial charge in [-0.2, -0.15) is 0 Å². The summed E-state index contributed by atoms with van der Waals surface area (Å²) < 4.78 is 9.63. The number of aromatic hydroxyl groups is 2. The molecule has 1 aromatic carbocycles. The van der Waals surface area contributed by atoms with Gasteiger partial charge in [-0.1, -0.05) is 0 Å². The van der Waals surface area contributed by atoms with Crippen molar-refractivity contribution in [1.29, 1.82) is 0 Å². The Labute approximate surface area is 116 Å². The Morgan fingerprint density at radius 1 is 1.15 bits per heavy atom. The smallest absolute Gasteiger partial charge is 0.305 e. The molecule has 6 nitrogen and oxygen atoms in total.